The van der Waals surface area contributed by atoms with E-state index in [-0.39, 0.29) is 0 Å². The van der Waals surface area contributed by atoms with E-state index in [0.717, 1.165) is 0 Å². The average molecular weight is 109 g/mol. The van der Waals surface area contributed by atoms with E-state index < -0.39 is 0 Å². The molecule has 1 fully saturated rings. The summed E-state index contributed by atoms with van der Waals surface area (Å²) in [5.74, 6) is 0.684. The van der Waals surface area contributed by atoms with E-state index in [1.807, 2.05) is 0 Å². The molecule has 1 rings (SSSR count). The van der Waals surface area contributed by atoms with E-state index >= 15 is 0 Å². The SMILES string of the molecule is C=C1CCC[CH]C1C. The fraction of sp³-hybridized carbons (Fsp3) is 0.625. The highest BCUT2D eigenvalue weighted by Crippen LogP contribution is 2.25. The molecule has 0 heterocycles. The maximum absolute atomic E-state index is 3.96. The van der Waals surface area contributed by atoms with E-state index in [1.54, 1.807) is 0 Å². The Hall–Kier alpha value is -0.260. The maximum Gasteiger partial charge on any atom is -0.0203 e. The van der Waals surface area contributed by atoms with Crippen molar-refractivity contribution in [3.05, 3.63) is 18.6 Å². The Morgan fingerprint density at radius 2 is 2.50 bits per heavy atom. The monoisotopic (exact) mass is 109 g/mol. The van der Waals surface area contributed by atoms with Gasteiger partial charge < -0.3 is 0 Å². The second kappa shape index (κ2) is 2.34. The maximum atomic E-state index is 3.96. The molecule has 0 saturated heterocycles. The van der Waals surface area contributed by atoms with Gasteiger partial charge in [0.15, 0.2) is 0 Å². The van der Waals surface area contributed by atoms with Crippen molar-refractivity contribution in [2.45, 2.75) is 26.2 Å². The average Bonchev–Trinajstić information content (AvgIpc) is 1.77. The lowest BCUT2D eigenvalue weighted by molar-refractivity contribution is 0.598. The summed E-state index contributed by atoms with van der Waals surface area (Å²) in [6.45, 7) is 6.19. The van der Waals surface area contributed by atoms with Crippen LogP contribution in [0, 0.1) is 12.3 Å². The van der Waals surface area contributed by atoms with E-state index in [9.17, 15) is 0 Å². The van der Waals surface area contributed by atoms with Gasteiger partial charge in [-0.2, -0.15) is 0 Å². The minimum atomic E-state index is 0.684. The summed E-state index contributed by atoms with van der Waals surface area (Å²) >= 11 is 0. The molecule has 0 nitrogen and oxygen atoms in total. The fourth-order valence-electron chi connectivity index (χ4n) is 1.09. The van der Waals surface area contributed by atoms with Crippen molar-refractivity contribution in [1.82, 2.24) is 0 Å². The van der Waals surface area contributed by atoms with Crippen LogP contribution in [-0.4, -0.2) is 0 Å². The summed E-state index contributed by atoms with van der Waals surface area (Å²) in [6.07, 6.45) is 6.22. The number of hydrogen-bond donors (Lipinski definition) is 0. The molecule has 1 atom stereocenters. The van der Waals surface area contributed by atoms with E-state index in [4.69, 9.17) is 0 Å². The van der Waals surface area contributed by atoms with E-state index in [2.05, 4.69) is 19.9 Å². The molecule has 0 aromatic rings. The predicted octanol–water partition coefficient (Wildman–Crippen LogP) is 2.57. The Morgan fingerprint density at radius 1 is 1.75 bits per heavy atom. The topological polar surface area (TPSA) is 0 Å². The first kappa shape index (κ1) is 5.87. The van der Waals surface area contributed by atoms with Crippen molar-refractivity contribution in [3.8, 4) is 0 Å². The molecular formula is C8H13. The Balaban J connectivity index is 2.39. The predicted molar refractivity (Wildman–Crippen MR) is 36.5 cm³/mol. The lowest BCUT2D eigenvalue weighted by Crippen LogP contribution is -2.04. The first-order chi connectivity index (χ1) is 3.80. The van der Waals surface area contributed by atoms with Crippen LogP contribution in [0.4, 0.5) is 0 Å². The van der Waals surface area contributed by atoms with Crippen molar-refractivity contribution >= 4 is 0 Å². The molecule has 45 valence electrons. The molecule has 0 spiro atoms. The molecule has 0 bridgehead atoms. The van der Waals surface area contributed by atoms with Gasteiger partial charge in [-0.1, -0.05) is 19.1 Å². The third-order valence-electron chi connectivity index (χ3n) is 1.87. The lowest BCUT2D eigenvalue weighted by atomic mass is 9.87. The Morgan fingerprint density at radius 3 is 2.88 bits per heavy atom. The second-order valence-corrected chi connectivity index (χ2v) is 2.57. The standard InChI is InChI=1S/C8H13/c1-7-5-3-4-6-8(7)2/h6,8H,1,3-5H2,2H3. The highest BCUT2D eigenvalue weighted by Gasteiger charge is 2.10. The lowest BCUT2D eigenvalue weighted by Gasteiger charge is -2.19. The van der Waals surface area contributed by atoms with Crippen LogP contribution in [0.15, 0.2) is 12.2 Å². The third-order valence-corrected chi connectivity index (χ3v) is 1.87. The molecule has 1 unspecified atom stereocenters. The molecule has 8 heavy (non-hydrogen) atoms. The molecule has 0 aromatic carbocycles. The Labute approximate surface area is 51.6 Å². The summed E-state index contributed by atoms with van der Waals surface area (Å²) in [5.41, 5.74) is 1.41. The van der Waals surface area contributed by atoms with Gasteiger partial charge in [0.2, 0.25) is 0 Å². The van der Waals surface area contributed by atoms with Crippen LogP contribution in [0.5, 0.6) is 0 Å². The number of hydrogen-bond acceptors (Lipinski definition) is 0. The molecular weight excluding hydrogens is 96.1 g/mol. The summed E-state index contributed by atoms with van der Waals surface area (Å²) in [4.78, 5) is 0. The molecule has 0 aliphatic heterocycles. The van der Waals surface area contributed by atoms with Gasteiger partial charge in [0.25, 0.3) is 0 Å². The van der Waals surface area contributed by atoms with Gasteiger partial charge in [-0.05, 0) is 31.6 Å². The van der Waals surface area contributed by atoms with Crippen LogP contribution in [0.3, 0.4) is 0 Å². The minimum Gasteiger partial charge on any atom is -0.0996 e. The van der Waals surface area contributed by atoms with Gasteiger partial charge in [-0.3, -0.25) is 0 Å². The molecule has 0 amide bonds. The van der Waals surface area contributed by atoms with Crippen molar-refractivity contribution in [1.29, 1.82) is 0 Å². The van der Waals surface area contributed by atoms with Gasteiger partial charge in [0.05, 0.1) is 0 Å². The van der Waals surface area contributed by atoms with Gasteiger partial charge in [0.1, 0.15) is 0 Å². The van der Waals surface area contributed by atoms with E-state index in [0.29, 0.717) is 5.92 Å². The van der Waals surface area contributed by atoms with Crippen LogP contribution in [0.2, 0.25) is 0 Å². The second-order valence-electron chi connectivity index (χ2n) is 2.57. The van der Waals surface area contributed by atoms with E-state index in [1.165, 1.54) is 24.8 Å². The van der Waals surface area contributed by atoms with Crippen LogP contribution in [-0.2, 0) is 0 Å². The van der Waals surface area contributed by atoms with Crippen LogP contribution in [0.1, 0.15) is 26.2 Å². The van der Waals surface area contributed by atoms with Crippen molar-refractivity contribution in [3.63, 3.8) is 0 Å². The number of rotatable bonds is 0. The summed E-state index contributed by atoms with van der Waals surface area (Å²) < 4.78 is 0. The molecule has 0 heteroatoms. The van der Waals surface area contributed by atoms with Crippen molar-refractivity contribution < 1.29 is 0 Å². The Kier molecular flexibility index (Phi) is 1.72. The van der Waals surface area contributed by atoms with Gasteiger partial charge in [0, 0.05) is 0 Å². The van der Waals surface area contributed by atoms with Gasteiger partial charge >= 0.3 is 0 Å². The smallest absolute Gasteiger partial charge is 0.0203 e. The van der Waals surface area contributed by atoms with Gasteiger partial charge in [-0.15, -0.1) is 0 Å². The van der Waals surface area contributed by atoms with Crippen LogP contribution in [0.25, 0.3) is 0 Å². The van der Waals surface area contributed by atoms with Crippen molar-refractivity contribution in [2.24, 2.45) is 5.92 Å². The minimum absolute atomic E-state index is 0.684. The molecule has 1 aliphatic rings. The summed E-state index contributed by atoms with van der Waals surface area (Å²) in [7, 11) is 0. The molecule has 1 radical (unpaired) electrons. The molecule has 0 N–H and O–H groups in total. The highest BCUT2D eigenvalue weighted by molar-refractivity contribution is 5.07. The third kappa shape index (κ3) is 1.12. The normalized spacial score (nSPS) is 30.6. The largest absolute Gasteiger partial charge is 0.0996 e. The zero-order chi connectivity index (χ0) is 5.98. The zero-order valence-corrected chi connectivity index (χ0v) is 5.48. The number of allylic oxidation sites excluding steroid dienone is 1. The molecule has 1 aliphatic carbocycles. The Bertz CT molecular complexity index is 92.2. The zero-order valence-electron chi connectivity index (χ0n) is 5.48. The van der Waals surface area contributed by atoms with Crippen LogP contribution < -0.4 is 0 Å². The first-order valence-electron chi connectivity index (χ1n) is 3.31. The first-order valence-corrected chi connectivity index (χ1v) is 3.31. The van der Waals surface area contributed by atoms with Gasteiger partial charge in [-0.25, -0.2) is 0 Å². The van der Waals surface area contributed by atoms with Crippen molar-refractivity contribution in [2.75, 3.05) is 0 Å². The fourth-order valence-corrected chi connectivity index (χ4v) is 1.09. The van der Waals surface area contributed by atoms with Crippen LogP contribution >= 0.6 is 0 Å². The summed E-state index contributed by atoms with van der Waals surface area (Å²) in [5, 5.41) is 0. The molecule has 1 saturated carbocycles. The molecule has 0 aromatic heterocycles. The summed E-state index contributed by atoms with van der Waals surface area (Å²) in [6, 6.07) is 0. The highest BCUT2D eigenvalue weighted by atomic mass is 14.2. The quantitative estimate of drug-likeness (QED) is 0.419.